The van der Waals surface area contributed by atoms with E-state index >= 15 is 0 Å². The molecule has 1 rings (SSSR count). The molecular formula is C10H15ClN4O2. The van der Waals surface area contributed by atoms with Crippen LogP contribution < -0.4 is 4.90 Å². The van der Waals surface area contributed by atoms with Crippen molar-refractivity contribution < 1.29 is 4.92 Å². The third-order valence-corrected chi connectivity index (χ3v) is 2.95. The molecule has 1 atom stereocenters. The third-order valence-electron chi connectivity index (χ3n) is 2.68. The molecule has 0 aromatic carbocycles. The molecule has 1 heterocycles. The maximum Gasteiger partial charge on any atom is 0.348 e. The van der Waals surface area contributed by atoms with E-state index in [1.54, 1.807) is 0 Å². The van der Waals surface area contributed by atoms with Gasteiger partial charge in [-0.2, -0.15) is 0 Å². The Morgan fingerprint density at radius 2 is 2.18 bits per heavy atom. The molecule has 6 nitrogen and oxygen atoms in total. The van der Waals surface area contributed by atoms with Crippen molar-refractivity contribution in [3.8, 4) is 0 Å². The highest BCUT2D eigenvalue weighted by atomic mass is 35.5. The van der Waals surface area contributed by atoms with Crippen molar-refractivity contribution in [2.24, 2.45) is 0 Å². The van der Waals surface area contributed by atoms with Gasteiger partial charge in [0.2, 0.25) is 11.0 Å². The second-order valence-corrected chi connectivity index (χ2v) is 4.00. The van der Waals surface area contributed by atoms with Crippen LogP contribution in [0, 0.1) is 10.1 Å². The van der Waals surface area contributed by atoms with Crippen LogP contribution in [0.15, 0.2) is 6.33 Å². The lowest BCUT2D eigenvalue weighted by molar-refractivity contribution is -0.384. The molecule has 0 saturated carbocycles. The molecule has 94 valence electrons. The molecule has 0 saturated heterocycles. The van der Waals surface area contributed by atoms with E-state index in [0.717, 1.165) is 6.42 Å². The van der Waals surface area contributed by atoms with E-state index in [0.29, 0.717) is 6.54 Å². The fraction of sp³-hybridized carbons (Fsp3) is 0.600. The predicted molar refractivity (Wildman–Crippen MR) is 66.5 cm³/mol. The van der Waals surface area contributed by atoms with Crippen molar-refractivity contribution in [2.45, 2.75) is 33.2 Å². The molecule has 1 aromatic rings. The number of anilines is 1. The first-order valence-corrected chi connectivity index (χ1v) is 5.82. The van der Waals surface area contributed by atoms with Gasteiger partial charge in [-0.15, -0.1) is 0 Å². The van der Waals surface area contributed by atoms with Crippen LogP contribution in [0.5, 0.6) is 0 Å². The Labute approximate surface area is 105 Å². The van der Waals surface area contributed by atoms with Gasteiger partial charge in [-0.05, 0) is 20.3 Å². The van der Waals surface area contributed by atoms with Crippen LogP contribution >= 0.6 is 11.6 Å². The van der Waals surface area contributed by atoms with E-state index in [4.69, 9.17) is 11.6 Å². The van der Waals surface area contributed by atoms with Crippen molar-refractivity contribution in [1.29, 1.82) is 0 Å². The second-order valence-electron chi connectivity index (χ2n) is 3.64. The van der Waals surface area contributed by atoms with Crippen molar-refractivity contribution in [3.05, 3.63) is 21.6 Å². The lowest BCUT2D eigenvalue weighted by Gasteiger charge is -2.27. The van der Waals surface area contributed by atoms with Crippen LogP contribution in [0.3, 0.4) is 0 Å². The quantitative estimate of drug-likeness (QED) is 0.461. The highest BCUT2D eigenvalue weighted by Crippen LogP contribution is 2.32. The zero-order valence-corrected chi connectivity index (χ0v) is 10.8. The summed E-state index contributed by atoms with van der Waals surface area (Å²) in [6, 6.07) is 0.157. The molecule has 1 unspecified atom stereocenters. The van der Waals surface area contributed by atoms with Crippen LogP contribution in [0.25, 0.3) is 0 Å². The molecule has 0 N–H and O–H groups in total. The second kappa shape index (κ2) is 5.77. The lowest BCUT2D eigenvalue weighted by atomic mass is 10.2. The molecule has 7 heteroatoms. The highest BCUT2D eigenvalue weighted by molar-refractivity contribution is 6.31. The highest BCUT2D eigenvalue weighted by Gasteiger charge is 2.27. The molecule has 0 spiro atoms. The molecule has 0 bridgehead atoms. The summed E-state index contributed by atoms with van der Waals surface area (Å²) in [4.78, 5) is 19.9. The average Bonchev–Trinajstić information content (AvgIpc) is 2.29. The van der Waals surface area contributed by atoms with Crippen molar-refractivity contribution in [2.75, 3.05) is 11.4 Å². The zero-order chi connectivity index (χ0) is 13.0. The van der Waals surface area contributed by atoms with Crippen molar-refractivity contribution in [1.82, 2.24) is 9.97 Å². The summed E-state index contributed by atoms with van der Waals surface area (Å²) in [5.41, 5.74) is -0.226. The van der Waals surface area contributed by atoms with Gasteiger partial charge in [0, 0.05) is 12.6 Å². The first kappa shape index (κ1) is 13.6. The first-order valence-electron chi connectivity index (χ1n) is 5.44. The Bertz CT molecular complexity index is 413. The van der Waals surface area contributed by atoms with E-state index in [1.807, 2.05) is 25.7 Å². The van der Waals surface area contributed by atoms with Gasteiger partial charge in [0.15, 0.2) is 0 Å². The standard InChI is InChI=1S/C10H15ClN4O2/c1-4-7(3)14(5-2)10-8(15(16)17)9(11)12-6-13-10/h6-7H,4-5H2,1-3H3. The summed E-state index contributed by atoms with van der Waals surface area (Å²) in [6.45, 7) is 6.56. The van der Waals surface area contributed by atoms with E-state index in [1.165, 1.54) is 6.33 Å². The summed E-state index contributed by atoms with van der Waals surface area (Å²) in [7, 11) is 0. The first-order chi connectivity index (χ1) is 8.02. The van der Waals surface area contributed by atoms with Crippen LogP contribution in [-0.2, 0) is 0 Å². The number of halogens is 1. The van der Waals surface area contributed by atoms with E-state index in [9.17, 15) is 10.1 Å². The van der Waals surface area contributed by atoms with Gasteiger partial charge in [0.05, 0.1) is 4.92 Å². The minimum Gasteiger partial charge on any atom is -0.348 e. The van der Waals surface area contributed by atoms with Gasteiger partial charge >= 0.3 is 5.69 Å². The van der Waals surface area contributed by atoms with Crippen molar-refractivity contribution in [3.63, 3.8) is 0 Å². The maximum atomic E-state index is 11.0. The lowest BCUT2D eigenvalue weighted by Crippen LogP contribution is -2.33. The Hall–Kier alpha value is -1.43. The maximum absolute atomic E-state index is 11.0. The number of nitro groups is 1. The van der Waals surface area contributed by atoms with Crippen LogP contribution in [0.2, 0.25) is 5.15 Å². The number of hydrogen-bond acceptors (Lipinski definition) is 5. The molecule has 0 radical (unpaired) electrons. The Morgan fingerprint density at radius 3 is 2.65 bits per heavy atom. The van der Waals surface area contributed by atoms with Crippen LogP contribution in [0.4, 0.5) is 11.5 Å². The fourth-order valence-electron chi connectivity index (χ4n) is 1.61. The fourth-order valence-corrected chi connectivity index (χ4v) is 1.80. The smallest absolute Gasteiger partial charge is 0.348 e. The van der Waals surface area contributed by atoms with Gasteiger partial charge in [-0.3, -0.25) is 10.1 Å². The number of aromatic nitrogens is 2. The average molecular weight is 259 g/mol. The predicted octanol–water partition coefficient (Wildman–Crippen LogP) is 2.66. The van der Waals surface area contributed by atoms with E-state index < -0.39 is 4.92 Å². The minimum absolute atomic E-state index is 0.123. The summed E-state index contributed by atoms with van der Waals surface area (Å²) >= 11 is 5.75. The largest absolute Gasteiger partial charge is 0.348 e. The molecule has 0 aliphatic heterocycles. The summed E-state index contributed by atoms with van der Waals surface area (Å²) in [5.74, 6) is 0.284. The molecule has 17 heavy (non-hydrogen) atoms. The SMILES string of the molecule is CCC(C)N(CC)c1ncnc(Cl)c1[N+](=O)[O-]. The van der Waals surface area contributed by atoms with Gasteiger partial charge in [-0.25, -0.2) is 9.97 Å². The van der Waals surface area contributed by atoms with Crippen molar-refractivity contribution >= 4 is 23.1 Å². The molecule has 1 aromatic heterocycles. The molecule has 0 fully saturated rings. The molecule has 0 aliphatic carbocycles. The monoisotopic (exact) mass is 258 g/mol. The Kier molecular flexibility index (Phi) is 4.62. The van der Waals surface area contributed by atoms with Crippen LogP contribution in [0.1, 0.15) is 27.2 Å². The van der Waals surface area contributed by atoms with E-state index in [2.05, 4.69) is 9.97 Å². The Morgan fingerprint density at radius 1 is 1.53 bits per heavy atom. The van der Waals surface area contributed by atoms with Gasteiger partial charge in [-0.1, -0.05) is 18.5 Å². The van der Waals surface area contributed by atoms with Gasteiger partial charge in [0.25, 0.3) is 0 Å². The van der Waals surface area contributed by atoms with Gasteiger partial charge < -0.3 is 4.90 Å². The molecular weight excluding hydrogens is 244 g/mol. The summed E-state index contributed by atoms with van der Waals surface area (Å²) in [5, 5.41) is 10.9. The minimum atomic E-state index is -0.539. The third kappa shape index (κ3) is 2.82. The van der Waals surface area contributed by atoms with Gasteiger partial charge in [0.1, 0.15) is 6.33 Å². The normalized spacial score (nSPS) is 12.2. The Balaban J connectivity index is 3.28. The number of nitrogens with zero attached hydrogens (tertiary/aromatic N) is 4. The number of hydrogen-bond donors (Lipinski definition) is 0. The molecule has 0 aliphatic rings. The summed E-state index contributed by atoms with van der Waals surface area (Å²) < 4.78 is 0. The zero-order valence-electron chi connectivity index (χ0n) is 10.1. The summed E-state index contributed by atoms with van der Waals surface area (Å²) in [6.07, 6.45) is 2.11. The number of rotatable bonds is 5. The molecule has 0 amide bonds. The van der Waals surface area contributed by atoms with Crippen LogP contribution in [-0.4, -0.2) is 27.5 Å². The topological polar surface area (TPSA) is 72.2 Å². The van der Waals surface area contributed by atoms with E-state index in [-0.39, 0.29) is 22.7 Å².